The topological polar surface area (TPSA) is 69.1 Å². The van der Waals surface area contributed by atoms with Gasteiger partial charge in [-0.15, -0.1) is 0 Å². The van der Waals surface area contributed by atoms with E-state index < -0.39 is 5.97 Å². The third-order valence-corrected chi connectivity index (χ3v) is 5.21. The van der Waals surface area contributed by atoms with E-state index in [1.54, 1.807) is 12.1 Å². The molecule has 3 rings (SSSR count). The van der Waals surface area contributed by atoms with Crippen molar-refractivity contribution < 1.29 is 24.0 Å². The zero-order valence-electron chi connectivity index (χ0n) is 18.0. The van der Waals surface area contributed by atoms with Crippen molar-refractivity contribution in [3.05, 3.63) is 65.2 Å². The van der Waals surface area contributed by atoms with E-state index in [1.165, 1.54) is 16.0 Å². The number of ether oxygens (including phenoxy) is 2. The van der Waals surface area contributed by atoms with Crippen LogP contribution in [0.4, 0.5) is 5.69 Å². The van der Waals surface area contributed by atoms with Crippen molar-refractivity contribution in [2.45, 2.75) is 32.7 Å². The van der Waals surface area contributed by atoms with E-state index in [0.717, 1.165) is 32.8 Å². The van der Waals surface area contributed by atoms with Gasteiger partial charge in [-0.1, -0.05) is 45.0 Å². The average Bonchev–Trinajstić information content (AvgIpc) is 2.73. The molecule has 6 nitrogen and oxygen atoms in total. The summed E-state index contributed by atoms with van der Waals surface area (Å²) >= 11 is 0. The lowest BCUT2D eigenvalue weighted by Crippen LogP contribution is -3.12. The molecule has 0 aromatic heterocycles. The van der Waals surface area contributed by atoms with E-state index in [-0.39, 0.29) is 17.9 Å². The number of quaternary nitrogens is 1. The van der Waals surface area contributed by atoms with Crippen LogP contribution in [0.3, 0.4) is 0 Å². The third kappa shape index (κ3) is 6.40. The Bertz CT molecular complexity index is 848. The fourth-order valence-electron chi connectivity index (χ4n) is 3.35. The minimum atomic E-state index is -0.501. The maximum Gasteiger partial charge on any atom is 0.338 e. The minimum Gasteiger partial charge on any atom is -0.452 e. The first kappa shape index (κ1) is 22.0. The van der Waals surface area contributed by atoms with Crippen LogP contribution in [0.25, 0.3) is 0 Å². The van der Waals surface area contributed by atoms with Crippen LogP contribution in [0.1, 0.15) is 42.3 Å². The van der Waals surface area contributed by atoms with E-state index in [4.69, 9.17) is 9.47 Å². The molecule has 1 aliphatic rings. The van der Waals surface area contributed by atoms with Crippen molar-refractivity contribution in [1.29, 1.82) is 0 Å². The zero-order chi connectivity index (χ0) is 21.6. The SMILES string of the molecule is CC(C)(C)c1ccc(NC(=O)COC(=O)c2ccc(C[NH+]3CCOCC3)cc2)cc1. The molecule has 0 atom stereocenters. The second-order valence-corrected chi connectivity index (χ2v) is 8.69. The third-order valence-electron chi connectivity index (χ3n) is 5.21. The highest BCUT2D eigenvalue weighted by molar-refractivity contribution is 5.95. The summed E-state index contributed by atoms with van der Waals surface area (Å²) in [5.41, 5.74) is 3.53. The smallest absolute Gasteiger partial charge is 0.338 e. The van der Waals surface area contributed by atoms with E-state index in [1.807, 2.05) is 36.4 Å². The van der Waals surface area contributed by atoms with Crippen LogP contribution in [0, 0.1) is 0 Å². The first-order valence-electron chi connectivity index (χ1n) is 10.4. The maximum absolute atomic E-state index is 12.2. The fourth-order valence-corrected chi connectivity index (χ4v) is 3.35. The van der Waals surface area contributed by atoms with Crippen LogP contribution < -0.4 is 10.2 Å². The van der Waals surface area contributed by atoms with Gasteiger partial charge in [-0.25, -0.2) is 4.79 Å². The quantitative estimate of drug-likeness (QED) is 0.715. The summed E-state index contributed by atoms with van der Waals surface area (Å²) in [4.78, 5) is 25.8. The molecule has 0 radical (unpaired) electrons. The van der Waals surface area contributed by atoms with E-state index in [9.17, 15) is 9.59 Å². The molecule has 0 unspecified atom stereocenters. The molecule has 2 N–H and O–H groups in total. The first-order chi connectivity index (χ1) is 14.3. The number of hydrogen-bond acceptors (Lipinski definition) is 4. The number of morpholine rings is 1. The summed E-state index contributed by atoms with van der Waals surface area (Å²) in [5, 5.41) is 2.75. The first-order valence-corrected chi connectivity index (χ1v) is 10.4. The van der Waals surface area contributed by atoms with Gasteiger partial charge in [-0.3, -0.25) is 4.79 Å². The summed E-state index contributed by atoms with van der Waals surface area (Å²) in [7, 11) is 0. The van der Waals surface area contributed by atoms with Crippen molar-refractivity contribution in [3.8, 4) is 0 Å². The number of carbonyl (C=O) groups is 2. The molecule has 1 heterocycles. The molecule has 0 saturated carbocycles. The lowest BCUT2D eigenvalue weighted by molar-refractivity contribution is -0.921. The standard InChI is InChI=1S/C24H30N2O4/c1-24(2,3)20-8-10-21(11-9-20)25-22(27)17-30-23(28)19-6-4-18(5-7-19)16-26-12-14-29-15-13-26/h4-11H,12-17H2,1-3H3,(H,25,27)/p+1. The Morgan fingerprint density at radius 3 is 2.23 bits per heavy atom. The summed E-state index contributed by atoms with van der Waals surface area (Å²) in [6.45, 7) is 10.6. The Morgan fingerprint density at radius 2 is 1.63 bits per heavy atom. The fraction of sp³-hybridized carbons (Fsp3) is 0.417. The van der Waals surface area contributed by atoms with Crippen molar-refractivity contribution in [2.75, 3.05) is 38.2 Å². The van der Waals surface area contributed by atoms with Gasteiger partial charge in [0.2, 0.25) is 0 Å². The van der Waals surface area contributed by atoms with E-state index >= 15 is 0 Å². The van der Waals surface area contributed by atoms with Gasteiger partial charge < -0.3 is 19.7 Å². The van der Waals surface area contributed by atoms with Gasteiger partial charge >= 0.3 is 5.97 Å². The summed E-state index contributed by atoms with van der Waals surface area (Å²) in [6, 6.07) is 15.1. The van der Waals surface area contributed by atoms with E-state index in [2.05, 4.69) is 26.1 Å². The number of amides is 1. The Kier molecular flexibility index (Phi) is 7.24. The highest BCUT2D eigenvalue weighted by Gasteiger charge is 2.16. The van der Waals surface area contributed by atoms with Crippen molar-refractivity contribution in [1.82, 2.24) is 0 Å². The Balaban J connectivity index is 1.45. The summed E-state index contributed by atoms with van der Waals surface area (Å²) in [6.07, 6.45) is 0. The second-order valence-electron chi connectivity index (χ2n) is 8.69. The molecule has 1 fully saturated rings. The van der Waals surface area contributed by atoms with Gasteiger partial charge in [0.1, 0.15) is 19.6 Å². The number of nitrogens with one attached hydrogen (secondary N) is 2. The number of carbonyl (C=O) groups excluding carboxylic acids is 2. The molecule has 0 spiro atoms. The van der Waals surface area contributed by atoms with Gasteiger partial charge in [-0.2, -0.15) is 0 Å². The van der Waals surface area contributed by atoms with Crippen LogP contribution in [-0.4, -0.2) is 44.8 Å². The van der Waals surface area contributed by atoms with Crippen LogP contribution in [0.5, 0.6) is 0 Å². The van der Waals surface area contributed by atoms with Gasteiger partial charge in [0.05, 0.1) is 18.8 Å². The van der Waals surface area contributed by atoms with Crippen LogP contribution in [0.2, 0.25) is 0 Å². The predicted octanol–water partition coefficient (Wildman–Crippen LogP) is 2.19. The van der Waals surface area contributed by atoms with Crippen LogP contribution >= 0.6 is 0 Å². The molecular weight excluding hydrogens is 380 g/mol. The summed E-state index contributed by atoms with van der Waals surface area (Å²) in [5.74, 6) is -0.863. The lowest BCUT2D eigenvalue weighted by Gasteiger charge is -2.23. The van der Waals surface area contributed by atoms with E-state index in [0.29, 0.717) is 11.3 Å². The molecule has 0 aliphatic carbocycles. The second kappa shape index (κ2) is 9.87. The normalized spacial score (nSPS) is 14.9. The highest BCUT2D eigenvalue weighted by Crippen LogP contribution is 2.23. The molecule has 6 heteroatoms. The van der Waals surface area contributed by atoms with Crippen LogP contribution in [-0.2, 0) is 26.2 Å². The van der Waals surface area contributed by atoms with Crippen molar-refractivity contribution in [3.63, 3.8) is 0 Å². The average molecular weight is 412 g/mol. The zero-order valence-corrected chi connectivity index (χ0v) is 18.0. The Labute approximate surface area is 178 Å². The number of hydrogen-bond donors (Lipinski definition) is 2. The molecular formula is C24H31N2O4+. The monoisotopic (exact) mass is 411 g/mol. The molecule has 1 amide bonds. The molecule has 0 bridgehead atoms. The molecule has 2 aromatic rings. The number of esters is 1. The van der Waals surface area contributed by atoms with Gasteiger partial charge in [0.15, 0.2) is 6.61 Å². The number of rotatable bonds is 6. The molecule has 1 aliphatic heterocycles. The Hall–Kier alpha value is -2.70. The molecule has 30 heavy (non-hydrogen) atoms. The van der Waals surface area contributed by atoms with Gasteiger partial charge in [-0.05, 0) is 35.2 Å². The number of benzene rings is 2. The largest absolute Gasteiger partial charge is 0.452 e. The molecule has 1 saturated heterocycles. The van der Waals surface area contributed by atoms with Gasteiger partial charge in [0.25, 0.3) is 5.91 Å². The maximum atomic E-state index is 12.2. The Morgan fingerprint density at radius 1 is 1.00 bits per heavy atom. The lowest BCUT2D eigenvalue weighted by atomic mass is 9.87. The predicted molar refractivity (Wildman–Crippen MR) is 116 cm³/mol. The van der Waals surface area contributed by atoms with Gasteiger partial charge in [0, 0.05) is 11.3 Å². The van der Waals surface area contributed by atoms with Crippen molar-refractivity contribution >= 4 is 17.6 Å². The summed E-state index contributed by atoms with van der Waals surface area (Å²) < 4.78 is 10.5. The van der Waals surface area contributed by atoms with Crippen molar-refractivity contribution in [2.24, 2.45) is 0 Å². The molecule has 160 valence electrons. The number of anilines is 1. The minimum absolute atomic E-state index is 0.0527. The van der Waals surface area contributed by atoms with Crippen LogP contribution in [0.15, 0.2) is 48.5 Å². The highest BCUT2D eigenvalue weighted by atomic mass is 16.5. The molecule has 2 aromatic carbocycles.